The highest BCUT2D eigenvalue weighted by Gasteiger charge is 2.37. The van der Waals surface area contributed by atoms with Crippen LogP contribution in [0.15, 0.2) is 164 Å². The van der Waals surface area contributed by atoms with Crippen molar-refractivity contribution in [1.29, 1.82) is 0 Å². The summed E-state index contributed by atoms with van der Waals surface area (Å²) in [5.74, 6) is 0. The van der Waals surface area contributed by atoms with Crippen molar-refractivity contribution >= 4 is 54.5 Å². The fraction of sp³-hybridized carbons (Fsp3) is 0.0638. The zero-order valence-corrected chi connectivity index (χ0v) is 27.9. The Morgan fingerprint density at radius 1 is 0.440 bits per heavy atom. The van der Waals surface area contributed by atoms with Crippen LogP contribution in [0.3, 0.4) is 0 Å². The zero-order valence-electron chi connectivity index (χ0n) is 27.9. The molecule has 50 heavy (non-hydrogen) atoms. The van der Waals surface area contributed by atoms with Gasteiger partial charge in [-0.15, -0.1) is 0 Å². The molecule has 0 saturated carbocycles. The maximum Gasteiger partial charge on any atom is 0.0603 e. The van der Waals surface area contributed by atoms with E-state index >= 15 is 0 Å². The van der Waals surface area contributed by atoms with Crippen LogP contribution in [0.4, 0.5) is 0 Å². The molecule has 0 N–H and O–H groups in total. The highest BCUT2D eigenvalue weighted by atomic mass is 15.0. The Hall–Kier alpha value is -6.32. The molecule has 3 aromatic heterocycles. The lowest BCUT2D eigenvalue weighted by molar-refractivity contribution is 0.632. The van der Waals surface area contributed by atoms with Crippen LogP contribution in [0, 0.1) is 0 Å². The summed E-state index contributed by atoms with van der Waals surface area (Å²) in [6.45, 7) is 4.80. The second-order valence-electron chi connectivity index (χ2n) is 14.2. The monoisotopic (exact) mass is 639 g/mol. The van der Waals surface area contributed by atoms with Crippen LogP contribution in [-0.2, 0) is 5.41 Å². The van der Waals surface area contributed by atoms with Gasteiger partial charge < -0.3 is 13.7 Å². The van der Waals surface area contributed by atoms with Gasteiger partial charge in [0.05, 0.1) is 27.6 Å². The first-order chi connectivity index (χ1) is 24.6. The lowest BCUT2D eigenvalue weighted by Crippen LogP contribution is -2.27. The van der Waals surface area contributed by atoms with Crippen molar-refractivity contribution in [2.45, 2.75) is 19.3 Å². The van der Waals surface area contributed by atoms with E-state index in [9.17, 15) is 0 Å². The molecule has 0 fully saturated rings. The molecule has 10 aromatic rings. The molecule has 0 aliphatic carbocycles. The Morgan fingerprint density at radius 3 is 1.76 bits per heavy atom. The molecule has 0 spiro atoms. The third kappa shape index (κ3) is 3.59. The summed E-state index contributed by atoms with van der Waals surface area (Å²) >= 11 is 0. The van der Waals surface area contributed by atoms with Crippen LogP contribution in [0.5, 0.6) is 0 Å². The first kappa shape index (κ1) is 27.6. The fourth-order valence-electron chi connectivity index (χ4n) is 8.98. The first-order valence-electron chi connectivity index (χ1n) is 17.4. The average molecular weight is 640 g/mol. The normalized spacial score (nSPS) is 13.6. The zero-order chi connectivity index (χ0) is 33.1. The van der Waals surface area contributed by atoms with Crippen molar-refractivity contribution in [1.82, 2.24) is 13.7 Å². The Labute approximate surface area is 289 Å². The molecule has 0 bridgehead atoms. The van der Waals surface area contributed by atoms with Crippen LogP contribution in [0.25, 0.3) is 82.7 Å². The van der Waals surface area contributed by atoms with Crippen molar-refractivity contribution in [2.75, 3.05) is 0 Å². The fourth-order valence-corrected chi connectivity index (χ4v) is 8.98. The van der Waals surface area contributed by atoms with E-state index in [-0.39, 0.29) is 5.41 Å². The Morgan fingerprint density at radius 2 is 1.02 bits per heavy atom. The topological polar surface area (TPSA) is 14.8 Å². The number of benzene rings is 7. The van der Waals surface area contributed by atoms with Gasteiger partial charge in [-0.3, -0.25) is 0 Å². The van der Waals surface area contributed by atoms with Gasteiger partial charge in [-0.05, 0) is 89.5 Å². The van der Waals surface area contributed by atoms with Gasteiger partial charge >= 0.3 is 0 Å². The summed E-state index contributed by atoms with van der Waals surface area (Å²) in [6.07, 6.45) is 2.25. The van der Waals surface area contributed by atoms with E-state index in [4.69, 9.17) is 0 Å². The molecule has 236 valence electrons. The molecule has 0 amide bonds. The molecule has 3 nitrogen and oxygen atoms in total. The number of hydrogen-bond donors (Lipinski definition) is 0. The van der Waals surface area contributed by atoms with Crippen molar-refractivity contribution < 1.29 is 0 Å². The summed E-state index contributed by atoms with van der Waals surface area (Å²) < 4.78 is 7.30. The van der Waals surface area contributed by atoms with E-state index in [0.29, 0.717) is 0 Å². The minimum Gasteiger partial charge on any atom is -0.316 e. The summed E-state index contributed by atoms with van der Waals surface area (Å²) in [5, 5.41) is 6.38. The smallest absolute Gasteiger partial charge is 0.0603 e. The molecule has 1 aliphatic heterocycles. The number of fused-ring (bicyclic) bond motifs is 9. The quantitative estimate of drug-likeness (QED) is 0.183. The highest BCUT2D eigenvalue weighted by Crippen LogP contribution is 2.50. The largest absolute Gasteiger partial charge is 0.316 e. The molecule has 3 heteroatoms. The summed E-state index contributed by atoms with van der Waals surface area (Å²) in [5.41, 5.74) is 14.9. The maximum absolute atomic E-state index is 2.51. The summed E-state index contributed by atoms with van der Waals surface area (Å²) in [4.78, 5) is 0. The SMILES string of the molecule is CC1(C)c2ccccc2-n2ccc3cc4c5cc(-c6ccc7c(c6)c6ccccc6n7-c6ccccc6)ccc5n(-c5ccccc5)c4c1c32. The average Bonchev–Trinajstić information content (AvgIpc) is 3.84. The molecule has 4 heterocycles. The van der Waals surface area contributed by atoms with Gasteiger partial charge in [0.15, 0.2) is 0 Å². The summed E-state index contributed by atoms with van der Waals surface area (Å²) in [7, 11) is 0. The minimum atomic E-state index is -0.204. The van der Waals surface area contributed by atoms with E-state index in [1.807, 2.05) is 0 Å². The molecular formula is C47H33N3. The van der Waals surface area contributed by atoms with Crippen LogP contribution in [0.2, 0.25) is 0 Å². The van der Waals surface area contributed by atoms with Crippen LogP contribution < -0.4 is 0 Å². The number of aromatic nitrogens is 3. The van der Waals surface area contributed by atoms with Gasteiger partial charge in [-0.1, -0.05) is 98.8 Å². The molecule has 11 rings (SSSR count). The maximum atomic E-state index is 2.51. The van der Waals surface area contributed by atoms with Crippen molar-refractivity contribution in [2.24, 2.45) is 0 Å². The van der Waals surface area contributed by atoms with Gasteiger partial charge in [0.1, 0.15) is 0 Å². The Bertz CT molecular complexity index is 2990. The molecular weight excluding hydrogens is 607 g/mol. The van der Waals surface area contributed by atoms with E-state index in [2.05, 4.69) is 191 Å². The van der Waals surface area contributed by atoms with Crippen LogP contribution >= 0.6 is 0 Å². The molecule has 0 atom stereocenters. The minimum absolute atomic E-state index is 0.204. The van der Waals surface area contributed by atoms with Crippen LogP contribution in [0.1, 0.15) is 25.0 Å². The molecule has 0 unspecified atom stereocenters. The van der Waals surface area contributed by atoms with E-state index < -0.39 is 0 Å². The van der Waals surface area contributed by atoms with E-state index in [1.165, 1.54) is 93.8 Å². The lowest BCUT2D eigenvalue weighted by Gasteiger charge is -2.35. The molecule has 0 radical (unpaired) electrons. The highest BCUT2D eigenvalue weighted by molar-refractivity contribution is 6.17. The van der Waals surface area contributed by atoms with Gasteiger partial charge in [-0.2, -0.15) is 0 Å². The number of hydrogen-bond acceptors (Lipinski definition) is 0. The van der Waals surface area contributed by atoms with Crippen molar-refractivity contribution in [3.63, 3.8) is 0 Å². The van der Waals surface area contributed by atoms with Gasteiger partial charge in [0, 0.05) is 61.2 Å². The standard InChI is InChI=1S/C47H33N3/c1-47(2)39-18-10-12-20-43(39)48-26-25-32-29-38-37-28-31(22-24-42(37)50(34-15-7-4-8-16-34)46(38)44(47)45(32)48)30-21-23-41-36(27-30)35-17-9-11-19-40(35)49(41)33-13-5-3-6-14-33/h3-29H,1-2H3. The predicted molar refractivity (Wildman–Crippen MR) is 210 cm³/mol. The second kappa shape index (κ2) is 9.87. The third-order valence-corrected chi connectivity index (χ3v) is 11.2. The number of rotatable bonds is 3. The van der Waals surface area contributed by atoms with Gasteiger partial charge in [0.25, 0.3) is 0 Å². The van der Waals surface area contributed by atoms with Crippen molar-refractivity contribution in [3.8, 4) is 28.2 Å². The Balaban J connectivity index is 1.21. The predicted octanol–water partition coefficient (Wildman–Crippen LogP) is 12.1. The van der Waals surface area contributed by atoms with Crippen LogP contribution in [-0.4, -0.2) is 13.7 Å². The lowest BCUT2D eigenvalue weighted by atomic mass is 9.74. The molecule has 7 aromatic carbocycles. The number of nitrogens with zero attached hydrogens (tertiary/aromatic N) is 3. The number of para-hydroxylation sites is 4. The summed E-state index contributed by atoms with van der Waals surface area (Å²) in [6, 6.07) is 58.0. The van der Waals surface area contributed by atoms with Gasteiger partial charge in [-0.25, -0.2) is 0 Å². The Kier molecular flexibility index (Phi) is 5.45. The third-order valence-electron chi connectivity index (χ3n) is 11.2. The first-order valence-corrected chi connectivity index (χ1v) is 17.4. The van der Waals surface area contributed by atoms with Gasteiger partial charge in [0.2, 0.25) is 0 Å². The van der Waals surface area contributed by atoms with E-state index in [0.717, 1.165) is 0 Å². The molecule has 0 saturated heterocycles. The van der Waals surface area contributed by atoms with Crippen molar-refractivity contribution in [3.05, 3.63) is 175 Å². The second-order valence-corrected chi connectivity index (χ2v) is 14.2. The molecule has 1 aliphatic rings. The van der Waals surface area contributed by atoms with E-state index in [1.54, 1.807) is 0 Å².